The summed E-state index contributed by atoms with van der Waals surface area (Å²) in [6.07, 6.45) is 2.97. The lowest BCUT2D eigenvalue weighted by molar-refractivity contribution is 0.0938. The average Bonchev–Trinajstić information content (AvgIpc) is 2.34. The number of aromatic hydroxyl groups is 1. The van der Waals surface area contributed by atoms with Crippen molar-refractivity contribution in [3.05, 3.63) is 42.1 Å². The van der Waals surface area contributed by atoms with Gasteiger partial charge in [-0.1, -0.05) is 19.9 Å². The van der Waals surface area contributed by atoms with Crippen LogP contribution in [0.1, 0.15) is 36.5 Å². The minimum absolute atomic E-state index is 0.141. The van der Waals surface area contributed by atoms with Crippen molar-refractivity contribution in [1.82, 2.24) is 10.9 Å². The number of benzene rings is 1. The Balaban J connectivity index is 2.39. The zero-order chi connectivity index (χ0) is 12.7. The Hall–Kier alpha value is -1.97. The predicted octanol–water partition coefficient (Wildman–Crippen LogP) is 2.33. The van der Waals surface area contributed by atoms with Crippen molar-refractivity contribution < 1.29 is 9.90 Å². The van der Waals surface area contributed by atoms with Gasteiger partial charge in [0.1, 0.15) is 5.75 Å². The lowest BCUT2D eigenvalue weighted by Gasteiger charge is -2.10. The molecule has 0 unspecified atom stereocenters. The van der Waals surface area contributed by atoms with Crippen LogP contribution in [0.25, 0.3) is 0 Å². The number of carbonyl (C=O) groups is 1. The fourth-order valence-electron chi connectivity index (χ4n) is 1.28. The summed E-state index contributed by atoms with van der Waals surface area (Å²) >= 11 is 0. The summed E-state index contributed by atoms with van der Waals surface area (Å²) in [5, 5.41) is 9.09. The van der Waals surface area contributed by atoms with E-state index in [1.807, 2.05) is 0 Å². The summed E-state index contributed by atoms with van der Waals surface area (Å²) in [5.74, 6) is -0.107. The first-order valence-electron chi connectivity index (χ1n) is 5.66. The number of nitrogens with one attached hydrogen (secondary N) is 2. The van der Waals surface area contributed by atoms with Crippen molar-refractivity contribution in [3.63, 3.8) is 0 Å². The molecule has 92 valence electrons. The van der Waals surface area contributed by atoms with Gasteiger partial charge in [-0.25, -0.2) is 0 Å². The molecular formula is C13H18N2O2. The fraction of sp³-hybridized carbons (Fsp3) is 0.308. The molecule has 1 amide bonds. The Morgan fingerprint density at radius 2 is 1.94 bits per heavy atom. The van der Waals surface area contributed by atoms with Gasteiger partial charge in [0.15, 0.2) is 0 Å². The highest BCUT2D eigenvalue weighted by molar-refractivity contribution is 5.94. The van der Waals surface area contributed by atoms with Gasteiger partial charge in [-0.05, 0) is 37.1 Å². The maximum absolute atomic E-state index is 11.6. The minimum Gasteiger partial charge on any atom is -0.508 e. The van der Waals surface area contributed by atoms with Gasteiger partial charge < -0.3 is 10.5 Å². The number of hydrogen-bond acceptors (Lipinski definition) is 3. The van der Waals surface area contributed by atoms with Crippen LogP contribution in [0, 0.1) is 0 Å². The van der Waals surface area contributed by atoms with E-state index < -0.39 is 0 Å². The summed E-state index contributed by atoms with van der Waals surface area (Å²) in [6, 6.07) is 6.06. The van der Waals surface area contributed by atoms with E-state index in [9.17, 15) is 4.79 Å². The first-order chi connectivity index (χ1) is 8.13. The molecule has 3 N–H and O–H groups in total. The number of phenolic OH excluding ortho intramolecular Hbond substituents is 1. The van der Waals surface area contributed by atoms with Crippen LogP contribution in [0.4, 0.5) is 0 Å². The Morgan fingerprint density at radius 3 is 2.53 bits per heavy atom. The van der Waals surface area contributed by atoms with Crippen LogP contribution < -0.4 is 10.9 Å². The van der Waals surface area contributed by atoms with E-state index in [4.69, 9.17) is 5.11 Å². The van der Waals surface area contributed by atoms with E-state index in [0.29, 0.717) is 5.56 Å². The molecule has 1 aromatic rings. The molecule has 1 rings (SSSR count). The topological polar surface area (TPSA) is 61.4 Å². The summed E-state index contributed by atoms with van der Waals surface area (Å²) in [6.45, 7) is 5.91. The Morgan fingerprint density at radius 1 is 1.29 bits per heavy atom. The maximum atomic E-state index is 11.6. The van der Waals surface area contributed by atoms with Gasteiger partial charge >= 0.3 is 0 Å². The number of hydrazine groups is 1. The van der Waals surface area contributed by atoms with E-state index in [1.54, 1.807) is 12.1 Å². The third-order valence-electron chi connectivity index (χ3n) is 2.31. The first kappa shape index (κ1) is 13.1. The molecule has 0 radical (unpaired) electrons. The van der Waals surface area contributed by atoms with Gasteiger partial charge in [-0.3, -0.25) is 10.2 Å². The molecule has 0 atom stereocenters. The summed E-state index contributed by atoms with van der Waals surface area (Å²) in [7, 11) is 0. The van der Waals surface area contributed by atoms with Crippen molar-refractivity contribution in [1.29, 1.82) is 0 Å². The molecule has 0 bridgehead atoms. The second kappa shape index (κ2) is 6.58. The van der Waals surface area contributed by atoms with Crippen LogP contribution >= 0.6 is 0 Å². The number of allylic oxidation sites excluding steroid dienone is 1. The molecule has 0 aliphatic carbocycles. The monoisotopic (exact) mass is 234 g/mol. The standard InChI is InChI=1S/C13H18N2O2/c1-3-4-5-10(2)14-15-13(17)11-6-8-12(16)9-7-11/h6-9,14,16H,2-5H2,1H3,(H,15,17). The van der Waals surface area contributed by atoms with Gasteiger partial charge in [-0.15, -0.1) is 0 Å². The molecule has 0 aliphatic rings. The number of amides is 1. The Labute approximate surface area is 101 Å². The molecule has 4 heteroatoms. The molecule has 0 fully saturated rings. The first-order valence-corrected chi connectivity index (χ1v) is 5.66. The normalized spacial score (nSPS) is 9.71. The molecular weight excluding hydrogens is 216 g/mol. The highest BCUT2D eigenvalue weighted by Gasteiger charge is 2.04. The molecule has 17 heavy (non-hydrogen) atoms. The van der Waals surface area contributed by atoms with Crippen molar-refractivity contribution in [2.45, 2.75) is 26.2 Å². The van der Waals surface area contributed by atoms with Crippen molar-refractivity contribution in [2.24, 2.45) is 0 Å². The van der Waals surface area contributed by atoms with Crippen molar-refractivity contribution >= 4 is 5.91 Å². The van der Waals surface area contributed by atoms with E-state index >= 15 is 0 Å². The molecule has 4 nitrogen and oxygen atoms in total. The molecule has 0 aliphatic heterocycles. The zero-order valence-corrected chi connectivity index (χ0v) is 9.99. The molecule has 0 heterocycles. The quantitative estimate of drug-likeness (QED) is 0.662. The van der Waals surface area contributed by atoms with E-state index in [2.05, 4.69) is 24.4 Å². The molecule has 0 spiro atoms. The predicted molar refractivity (Wildman–Crippen MR) is 67.4 cm³/mol. The fourth-order valence-corrected chi connectivity index (χ4v) is 1.28. The summed E-state index contributed by atoms with van der Waals surface area (Å²) in [4.78, 5) is 11.6. The van der Waals surface area contributed by atoms with Gasteiger partial charge in [0.05, 0.1) is 0 Å². The third kappa shape index (κ3) is 4.59. The summed E-state index contributed by atoms with van der Waals surface area (Å²) < 4.78 is 0. The highest BCUT2D eigenvalue weighted by atomic mass is 16.3. The SMILES string of the molecule is C=C(CCCC)NNC(=O)c1ccc(O)cc1. The van der Waals surface area contributed by atoms with Crippen molar-refractivity contribution in [3.8, 4) is 5.75 Å². The van der Waals surface area contributed by atoms with Crippen LogP contribution in [0.5, 0.6) is 5.75 Å². The largest absolute Gasteiger partial charge is 0.508 e. The lowest BCUT2D eigenvalue weighted by Crippen LogP contribution is -2.36. The number of phenols is 1. The molecule has 1 aromatic carbocycles. The second-order valence-electron chi connectivity index (χ2n) is 3.83. The number of unbranched alkanes of at least 4 members (excludes halogenated alkanes) is 1. The zero-order valence-electron chi connectivity index (χ0n) is 9.99. The third-order valence-corrected chi connectivity index (χ3v) is 2.31. The van der Waals surface area contributed by atoms with Crippen molar-refractivity contribution in [2.75, 3.05) is 0 Å². The Bertz CT molecular complexity index is 385. The molecule has 0 aromatic heterocycles. The molecule has 0 saturated carbocycles. The van der Waals surface area contributed by atoms with Crippen LogP contribution in [0.15, 0.2) is 36.5 Å². The number of hydrogen-bond donors (Lipinski definition) is 3. The van der Waals surface area contributed by atoms with Crippen LogP contribution in [-0.4, -0.2) is 11.0 Å². The van der Waals surface area contributed by atoms with E-state index in [1.165, 1.54) is 12.1 Å². The summed E-state index contributed by atoms with van der Waals surface area (Å²) in [5.41, 5.74) is 6.61. The average molecular weight is 234 g/mol. The second-order valence-corrected chi connectivity index (χ2v) is 3.83. The molecule has 0 saturated heterocycles. The Kier molecular flexibility index (Phi) is 5.07. The smallest absolute Gasteiger partial charge is 0.269 e. The van der Waals surface area contributed by atoms with Crippen LogP contribution in [-0.2, 0) is 0 Å². The number of carbonyl (C=O) groups excluding carboxylic acids is 1. The van der Waals surface area contributed by atoms with Gasteiger partial charge in [0, 0.05) is 11.3 Å². The van der Waals surface area contributed by atoms with Gasteiger partial charge in [-0.2, -0.15) is 0 Å². The van der Waals surface area contributed by atoms with Gasteiger partial charge in [0.25, 0.3) is 5.91 Å². The van der Waals surface area contributed by atoms with Crippen LogP contribution in [0.2, 0.25) is 0 Å². The highest BCUT2D eigenvalue weighted by Crippen LogP contribution is 2.09. The minimum atomic E-state index is -0.248. The van der Waals surface area contributed by atoms with E-state index in [-0.39, 0.29) is 11.7 Å². The van der Waals surface area contributed by atoms with Crippen LogP contribution in [0.3, 0.4) is 0 Å². The van der Waals surface area contributed by atoms with Gasteiger partial charge in [0.2, 0.25) is 0 Å². The van der Waals surface area contributed by atoms with E-state index in [0.717, 1.165) is 25.0 Å². The lowest BCUT2D eigenvalue weighted by atomic mass is 10.2. The maximum Gasteiger partial charge on any atom is 0.269 e. The number of rotatable bonds is 6.